The Morgan fingerprint density at radius 3 is 2.57 bits per heavy atom. The van der Waals surface area contributed by atoms with Crippen LogP contribution in [0.1, 0.15) is 54.9 Å². The number of esters is 1. The first-order valence-electron chi connectivity index (χ1n) is 10.6. The number of anilines is 2. The number of hydrogen-bond donors (Lipinski definition) is 1. The van der Waals surface area contributed by atoms with Crippen LogP contribution in [-0.2, 0) is 4.74 Å². The van der Waals surface area contributed by atoms with E-state index in [1.54, 1.807) is 12.1 Å². The first-order chi connectivity index (χ1) is 14.5. The molecule has 5 nitrogen and oxygen atoms in total. The summed E-state index contributed by atoms with van der Waals surface area (Å²) in [6.45, 7) is 4.25. The van der Waals surface area contributed by atoms with Crippen LogP contribution < -0.4 is 10.2 Å². The van der Waals surface area contributed by atoms with E-state index in [0.29, 0.717) is 17.3 Å². The van der Waals surface area contributed by atoms with Gasteiger partial charge in [0.15, 0.2) is 0 Å². The second-order valence-corrected chi connectivity index (χ2v) is 8.30. The van der Waals surface area contributed by atoms with Gasteiger partial charge in [0, 0.05) is 11.4 Å². The van der Waals surface area contributed by atoms with Gasteiger partial charge in [0.05, 0.1) is 12.2 Å². The number of rotatable bonds is 4. The van der Waals surface area contributed by atoms with Gasteiger partial charge in [-0.2, -0.15) is 0 Å². The molecule has 0 aromatic heterocycles. The van der Waals surface area contributed by atoms with Crippen molar-refractivity contribution >= 4 is 40.5 Å². The number of nitrogens with zero attached hydrogens (tertiary/aromatic N) is 2. The number of amidine groups is 1. The molecule has 4 rings (SSSR count). The van der Waals surface area contributed by atoms with Crippen molar-refractivity contribution in [3.05, 3.63) is 59.7 Å². The summed E-state index contributed by atoms with van der Waals surface area (Å²) in [5.41, 5.74) is 3.46. The number of hydrogen-bond acceptors (Lipinski definition) is 4. The second-order valence-electron chi connectivity index (χ2n) is 7.93. The minimum atomic E-state index is -0.307. The zero-order valence-electron chi connectivity index (χ0n) is 17.5. The molecule has 2 aliphatic rings. The van der Waals surface area contributed by atoms with Gasteiger partial charge in [-0.3, -0.25) is 0 Å². The van der Waals surface area contributed by atoms with E-state index >= 15 is 0 Å². The van der Waals surface area contributed by atoms with Crippen molar-refractivity contribution < 1.29 is 9.53 Å². The maximum absolute atomic E-state index is 12.0. The maximum Gasteiger partial charge on any atom is 0.338 e. The fourth-order valence-electron chi connectivity index (χ4n) is 4.46. The molecule has 1 fully saturated rings. The molecule has 6 heteroatoms. The van der Waals surface area contributed by atoms with Crippen LogP contribution in [0.5, 0.6) is 0 Å². The Hall–Kier alpha value is -2.73. The molecular formula is C24H27N3O2S. The Balaban J connectivity index is 1.66. The molecule has 0 atom stereocenters. The van der Waals surface area contributed by atoms with E-state index in [0.717, 1.165) is 42.9 Å². The topological polar surface area (TPSA) is 53.9 Å². The molecule has 0 amide bonds. The molecule has 1 aliphatic heterocycles. The molecule has 2 aromatic carbocycles. The van der Waals surface area contributed by atoms with Crippen LogP contribution in [0, 0.1) is 6.92 Å². The monoisotopic (exact) mass is 421 g/mol. The minimum Gasteiger partial charge on any atom is -0.462 e. The molecule has 0 unspecified atom stereocenters. The molecule has 2 aromatic rings. The van der Waals surface area contributed by atoms with E-state index in [1.165, 1.54) is 12.0 Å². The molecule has 30 heavy (non-hydrogen) atoms. The van der Waals surface area contributed by atoms with Crippen molar-refractivity contribution in [1.82, 2.24) is 0 Å². The van der Waals surface area contributed by atoms with E-state index < -0.39 is 0 Å². The molecule has 0 radical (unpaired) electrons. The SMILES string of the molecule is CCOC(=O)c1ccc(N2C(=S)N=C(Nc3cccc(C)c3)C23CCCCC3)cc1. The van der Waals surface area contributed by atoms with Crippen LogP contribution in [0.25, 0.3) is 0 Å². The van der Waals surface area contributed by atoms with Crippen LogP contribution in [-0.4, -0.2) is 29.1 Å². The average Bonchev–Trinajstić information content (AvgIpc) is 2.99. The first-order valence-corrected chi connectivity index (χ1v) is 11.0. The number of benzene rings is 2. The summed E-state index contributed by atoms with van der Waals surface area (Å²) in [5, 5.41) is 4.13. The summed E-state index contributed by atoms with van der Waals surface area (Å²) in [6.07, 6.45) is 5.47. The molecule has 0 saturated heterocycles. The van der Waals surface area contributed by atoms with Crippen LogP contribution in [0.2, 0.25) is 0 Å². The number of thiocarbonyl (C=S) groups is 1. The molecule has 1 spiro atoms. The van der Waals surface area contributed by atoms with Crippen molar-refractivity contribution in [2.45, 2.75) is 51.5 Å². The maximum atomic E-state index is 12.0. The normalized spacial score (nSPS) is 17.7. The van der Waals surface area contributed by atoms with Gasteiger partial charge in [-0.1, -0.05) is 31.4 Å². The summed E-state index contributed by atoms with van der Waals surface area (Å²) >= 11 is 5.73. The van der Waals surface area contributed by atoms with Crippen molar-refractivity contribution in [1.29, 1.82) is 0 Å². The highest BCUT2D eigenvalue weighted by molar-refractivity contribution is 7.80. The highest BCUT2D eigenvalue weighted by Gasteiger charge is 2.49. The van der Waals surface area contributed by atoms with Gasteiger partial charge >= 0.3 is 5.97 Å². The van der Waals surface area contributed by atoms with Gasteiger partial charge in [0.2, 0.25) is 5.11 Å². The van der Waals surface area contributed by atoms with Crippen molar-refractivity contribution in [2.24, 2.45) is 4.99 Å². The van der Waals surface area contributed by atoms with E-state index in [2.05, 4.69) is 35.3 Å². The van der Waals surface area contributed by atoms with E-state index in [-0.39, 0.29) is 11.5 Å². The third-order valence-corrected chi connectivity index (χ3v) is 6.14. The quantitative estimate of drug-likeness (QED) is 0.523. The predicted octanol–water partition coefficient (Wildman–Crippen LogP) is 5.49. The van der Waals surface area contributed by atoms with E-state index in [4.69, 9.17) is 21.9 Å². The zero-order chi connectivity index (χ0) is 21.1. The molecular weight excluding hydrogens is 394 g/mol. The lowest BCUT2D eigenvalue weighted by Crippen LogP contribution is -2.55. The number of aliphatic imine (C=N–C) groups is 1. The zero-order valence-corrected chi connectivity index (χ0v) is 18.3. The van der Waals surface area contributed by atoms with Crippen LogP contribution in [0.3, 0.4) is 0 Å². The fraction of sp³-hybridized carbons (Fsp3) is 0.375. The minimum absolute atomic E-state index is 0.273. The van der Waals surface area contributed by atoms with Crippen molar-refractivity contribution in [3.63, 3.8) is 0 Å². The Kier molecular flexibility index (Phi) is 5.86. The molecule has 156 valence electrons. The lowest BCUT2D eigenvalue weighted by Gasteiger charge is -2.43. The highest BCUT2D eigenvalue weighted by atomic mass is 32.1. The number of ether oxygens (including phenoxy) is 1. The average molecular weight is 422 g/mol. The third-order valence-electron chi connectivity index (χ3n) is 5.87. The molecule has 1 heterocycles. The number of carbonyl (C=O) groups excluding carboxylic acids is 1. The fourth-order valence-corrected chi connectivity index (χ4v) is 4.83. The summed E-state index contributed by atoms with van der Waals surface area (Å²) in [4.78, 5) is 19.0. The molecule has 0 bridgehead atoms. The van der Waals surface area contributed by atoms with Crippen molar-refractivity contribution in [2.75, 3.05) is 16.8 Å². The van der Waals surface area contributed by atoms with Crippen LogP contribution in [0.4, 0.5) is 11.4 Å². The first kappa shape index (κ1) is 20.5. The Labute approximate surface area is 183 Å². The lowest BCUT2D eigenvalue weighted by molar-refractivity contribution is 0.0526. The van der Waals surface area contributed by atoms with Gasteiger partial charge < -0.3 is 15.0 Å². The Bertz CT molecular complexity index is 978. The van der Waals surface area contributed by atoms with E-state index in [9.17, 15) is 4.79 Å². The smallest absolute Gasteiger partial charge is 0.338 e. The van der Waals surface area contributed by atoms with Gasteiger partial charge in [0.25, 0.3) is 0 Å². The third kappa shape index (κ3) is 3.84. The van der Waals surface area contributed by atoms with Crippen LogP contribution >= 0.6 is 12.2 Å². The predicted molar refractivity (Wildman–Crippen MR) is 126 cm³/mol. The molecule has 1 N–H and O–H groups in total. The standard InChI is InChI=1S/C24H27N3O2S/c1-3-29-21(28)18-10-12-20(13-11-18)27-23(30)26-22(24(27)14-5-4-6-15-24)25-19-9-7-8-17(2)16-19/h7-13,16H,3-6,14-15H2,1-2H3,(H,25,26,30). The highest BCUT2D eigenvalue weighted by Crippen LogP contribution is 2.42. The Morgan fingerprint density at radius 1 is 1.17 bits per heavy atom. The van der Waals surface area contributed by atoms with Crippen molar-refractivity contribution in [3.8, 4) is 0 Å². The van der Waals surface area contributed by atoms with E-state index in [1.807, 2.05) is 25.1 Å². The van der Waals surface area contributed by atoms with Crippen LogP contribution in [0.15, 0.2) is 53.5 Å². The van der Waals surface area contributed by atoms with Gasteiger partial charge in [0.1, 0.15) is 11.4 Å². The summed E-state index contributed by atoms with van der Waals surface area (Å²) in [7, 11) is 0. The summed E-state index contributed by atoms with van der Waals surface area (Å²) in [5.74, 6) is 0.616. The number of carbonyl (C=O) groups is 1. The van der Waals surface area contributed by atoms with Gasteiger partial charge in [-0.25, -0.2) is 9.79 Å². The van der Waals surface area contributed by atoms with Gasteiger partial charge in [-0.05, 0) is 80.9 Å². The summed E-state index contributed by atoms with van der Waals surface area (Å²) in [6, 6.07) is 15.8. The lowest BCUT2D eigenvalue weighted by atomic mass is 9.79. The number of aryl methyl sites for hydroxylation is 1. The Morgan fingerprint density at radius 2 is 1.90 bits per heavy atom. The number of nitrogens with one attached hydrogen (secondary N) is 1. The second kappa shape index (κ2) is 8.56. The molecule has 1 aliphatic carbocycles. The van der Waals surface area contributed by atoms with Gasteiger partial charge in [-0.15, -0.1) is 0 Å². The summed E-state index contributed by atoms with van der Waals surface area (Å²) < 4.78 is 5.11. The molecule has 1 saturated carbocycles. The largest absolute Gasteiger partial charge is 0.462 e.